The maximum absolute atomic E-state index is 12.5. The third-order valence-electron chi connectivity index (χ3n) is 4.38. The number of benzene rings is 2. The van der Waals surface area contributed by atoms with Gasteiger partial charge < -0.3 is 19.8 Å². The van der Waals surface area contributed by atoms with E-state index in [-0.39, 0.29) is 4.90 Å². The van der Waals surface area contributed by atoms with Gasteiger partial charge in [0.1, 0.15) is 18.3 Å². The summed E-state index contributed by atoms with van der Waals surface area (Å²) in [6.45, 7) is 0. The summed E-state index contributed by atoms with van der Waals surface area (Å²) in [7, 11) is -2.18. The normalized spacial score (nSPS) is 15.9. The van der Waals surface area contributed by atoms with Crippen LogP contribution >= 0.6 is 0 Å². The summed E-state index contributed by atoms with van der Waals surface area (Å²) < 4.78 is 37.9. The van der Waals surface area contributed by atoms with Crippen molar-refractivity contribution >= 4 is 33.6 Å². The van der Waals surface area contributed by atoms with Gasteiger partial charge in [-0.25, -0.2) is 13.4 Å². The molecule has 28 heavy (non-hydrogen) atoms. The van der Waals surface area contributed by atoms with Crippen molar-refractivity contribution in [2.24, 2.45) is 10.7 Å². The Morgan fingerprint density at radius 2 is 1.82 bits per heavy atom. The highest BCUT2D eigenvalue weighted by Gasteiger charge is 2.24. The number of furan rings is 1. The van der Waals surface area contributed by atoms with Crippen molar-refractivity contribution < 1.29 is 17.6 Å². The van der Waals surface area contributed by atoms with Gasteiger partial charge in [-0.05, 0) is 54.6 Å². The van der Waals surface area contributed by atoms with E-state index in [1.165, 1.54) is 19.2 Å². The first-order chi connectivity index (χ1) is 13.5. The van der Waals surface area contributed by atoms with E-state index in [9.17, 15) is 8.42 Å². The minimum Gasteiger partial charge on any atom is -0.497 e. The number of sulfonamides is 1. The fraction of sp³-hybridized carbons (Fsp3) is 0.105. The van der Waals surface area contributed by atoms with Gasteiger partial charge in [0.15, 0.2) is 0 Å². The molecular weight excluding hydrogens is 380 g/mol. The molecule has 1 aromatic heterocycles. The second kappa shape index (κ2) is 7.02. The van der Waals surface area contributed by atoms with E-state index >= 15 is 0 Å². The molecule has 8 nitrogen and oxygen atoms in total. The molecule has 0 spiro atoms. The van der Waals surface area contributed by atoms with Crippen molar-refractivity contribution in [1.82, 2.24) is 0 Å². The number of ether oxygens (including phenoxy) is 1. The van der Waals surface area contributed by atoms with Crippen LogP contribution in [0.4, 0.5) is 17.3 Å². The van der Waals surface area contributed by atoms with E-state index in [0.29, 0.717) is 17.3 Å². The molecule has 1 aliphatic rings. The molecule has 0 saturated carbocycles. The molecule has 1 atom stereocenters. The highest BCUT2D eigenvalue weighted by molar-refractivity contribution is 7.92. The zero-order valence-electron chi connectivity index (χ0n) is 14.9. The highest BCUT2D eigenvalue weighted by Crippen LogP contribution is 2.34. The fourth-order valence-corrected chi connectivity index (χ4v) is 3.93. The van der Waals surface area contributed by atoms with Crippen LogP contribution in [0.15, 0.2) is 75.2 Å². The summed E-state index contributed by atoms with van der Waals surface area (Å²) in [6.07, 6.45) is 2.70. The Balaban J connectivity index is 1.52. The van der Waals surface area contributed by atoms with Crippen LogP contribution in [0.3, 0.4) is 0 Å². The number of anilines is 2. The smallest absolute Gasteiger partial charge is 0.261 e. The first kappa shape index (κ1) is 18.1. The van der Waals surface area contributed by atoms with E-state index in [0.717, 1.165) is 11.3 Å². The first-order valence-corrected chi connectivity index (χ1v) is 9.89. The second-order valence-electron chi connectivity index (χ2n) is 6.11. The first-order valence-electron chi connectivity index (χ1n) is 8.40. The molecule has 0 bridgehead atoms. The van der Waals surface area contributed by atoms with Crippen LogP contribution in [0.2, 0.25) is 0 Å². The molecule has 2 aromatic carbocycles. The van der Waals surface area contributed by atoms with Gasteiger partial charge in [0.05, 0.1) is 23.8 Å². The van der Waals surface area contributed by atoms with Gasteiger partial charge in [-0.3, -0.25) is 4.72 Å². The van der Waals surface area contributed by atoms with Gasteiger partial charge >= 0.3 is 0 Å². The van der Waals surface area contributed by atoms with E-state index in [1.54, 1.807) is 60.0 Å². The maximum Gasteiger partial charge on any atom is 0.261 e. The summed E-state index contributed by atoms with van der Waals surface area (Å²) in [5.41, 5.74) is 8.25. The molecule has 0 fully saturated rings. The number of nitrogens with two attached hydrogens (primary N) is 1. The van der Waals surface area contributed by atoms with E-state index in [4.69, 9.17) is 14.9 Å². The Bertz CT molecular complexity index is 1110. The van der Waals surface area contributed by atoms with Crippen molar-refractivity contribution in [2.45, 2.75) is 11.1 Å². The molecule has 3 aromatic rings. The average molecular weight is 398 g/mol. The Morgan fingerprint density at radius 1 is 1.11 bits per heavy atom. The summed E-state index contributed by atoms with van der Waals surface area (Å²) in [4.78, 5) is 6.15. The minimum absolute atomic E-state index is 0.148. The number of nitrogens with zero attached hydrogens (tertiary/aromatic N) is 2. The van der Waals surface area contributed by atoms with E-state index in [1.807, 2.05) is 0 Å². The number of fused-ring (bicyclic) bond motifs is 1. The molecule has 1 aliphatic heterocycles. The molecule has 1 unspecified atom stereocenters. The van der Waals surface area contributed by atoms with E-state index < -0.39 is 16.2 Å². The molecule has 4 rings (SSSR count). The molecule has 2 heterocycles. The minimum atomic E-state index is -3.70. The van der Waals surface area contributed by atoms with Crippen LogP contribution in [-0.4, -0.2) is 21.9 Å². The average Bonchev–Trinajstić information content (AvgIpc) is 3.19. The lowest BCUT2D eigenvalue weighted by molar-refractivity contribution is 0.414. The molecule has 9 heteroatoms. The lowest BCUT2D eigenvalue weighted by atomic mass is 10.2. The van der Waals surface area contributed by atoms with Crippen LogP contribution in [-0.2, 0) is 10.0 Å². The summed E-state index contributed by atoms with van der Waals surface area (Å²) in [6, 6.07) is 14.8. The van der Waals surface area contributed by atoms with Gasteiger partial charge in [-0.1, -0.05) is 0 Å². The lowest BCUT2D eigenvalue weighted by Gasteiger charge is -2.29. The van der Waals surface area contributed by atoms with Crippen LogP contribution < -0.4 is 20.1 Å². The second-order valence-corrected chi connectivity index (χ2v) is 7.79. The van der Waals surface area contributed by atoms with Crippen LogP contribution in [0.25, 0.3) is 0 Å². The van der Waals surface area contributed by atoms with Crippen molar-refractivity contribution in [3.05, 3.63) is 66.4 Å². The molecule has 0 amide bonds. The fourth-order valence-electron chi connectivity index (χ4n) is 2.88. The molecular formula is C19H18N4O4S. The van der Waals surface area contributed by atoms with Crippen LogP contribution in [0.1, 0.15) is 11.7 Å². The predicted octanol–water partition coefficient (Wildman–Crippen LogP) is 3.23. The Labute approximate surface area is 162 Å². The quantitative estimate of drug-likeness (QED) is 0.683. The number of aliphatic imine (C=N–C) groups is 1. The summed E-state index contributed by atoms with van der Waals surface area (Å²) in [5.74, 6) is 1.08. The number of methoxy groups -OCH3 is 1. The van der Waals surface area contributed by atoms with Gasteiger partial charge in [-0.15, -0.1) is 0 Å². The molecule has 3 N–H and O–H groups in total. The van der Waals surface area contributed by atoms with Crippen LogP contribution in [0, 0.1) is 0 Å². The molecule has 0 aliphatic carbocycles. The molecule has 0 radical (unpaired) electrons. The van der Waals surface area contributed by atoms with Crippen molar-refractivity contribution in [3.8, 4) is 5.75 Å². The highest BCUT2D eigenvalue weighted by atomic mass is 32.2. The van der Waals surface area contributed by atoms with Crippen LogP contribution in [0.5, 0.6) is 5.75 Å². The topological polar surface area (TPSA) is 110 Å². The maximum atomic E-state index is 12.5. The zero-order chi connectivity index (χ0) is 19.7. The number of nitrogens with one attached hydrogen (secondary N) is 1. The number of hydrogen-bond donors (Lipinski definition) is 2. The van der Waals surface area contributed by atoms with Gasteiger partial charge in [0.25, 0.3) is 10.0 Å². The van der Waals surface area contributed by atoms with Gasteiger partial charge in [-0.2, -0.15) is 0 Å². The Kier molecular flexibility index (Phi) is 4.54. The van der Waals surface area contributed by atoms with Gasteiger partial charge in [0, 0.05) is 11.4 Å². The zero-order valence-corrected chi connectivity index (χ0v) is 15.8. The van der Waals surface area contributed by atoms with E-state index in [2.05, 4.69) is 9.71 Å². The van der Waals surface area contributed by atoms with Gasteiger partial charge in [0.2, 0.25) is 5.88 Å². The predicted molar refractivity (Wildman–Crippen MR) is 107 cm³/mol. The number of rotatable bonds is 5. The Morgan fingerprint density at radius 3 is 2.50 bits per heavy atom. The molecule has 0 saturated heterocycles. The summed E-state index contributed by atoms with van der Waals surface area (Å²) >= 11 is 0. The number of hydrogen-bond acceptors (Lipinski definition) is 7. The SMILES string of the molecule is COc1ccc(S(=O)(=O)Nc2ccc(N3C=Nc4occc4C3N)cc2)cc1. The van der Waals surface area contributed by atoms with Crippen molar-refractivity contribution in [3.63, 3.8) is 0 Å². The third-order valence-corrected chi connectivity index (χ3v) is 5.78. The molecule has 144 valence electrons. The third kappa shape index (κ3) is 3.32. The largest absolute Gasteiger partial charge is 0.497 e. The monoisotopic (exact) mass is 398 g/mol. The van der Waals surface area contributed by atoms with Crippen molar-refractivity contribution in [1.29, 1.82) is 0 Å². The van der Waals surface area contributed by atoms with Crippen molar-refractivity contribution in [2.75, 3.05) is 16.7 Å². The standard InChI is InChI=1S/C19H18N4O4S/c1-26-15-6-8-16(9-7-15)28(24,25)22-13-2-4-14(5-3-13)23-12-21-19-17(18(23)20)10-11-27-19/h2-12,18,22H,20H2,1H3. The Hall–Kier alpha value is -3.30. The summed E-state index contributed by atoms with van der Waals surface area (Å²) in [5, 5.41) is 0. The lowest BCUT2D eigenvalue weighted by Crippen LogP contribution is -2.35.